The molecule has 1 heteroatoms. The van der Waals surface area contributed by atoms with Crippen molar-refractivity contribution in [1.29, 1.82) is 0 Å². The third kappa shape index (κ3) is 5.68. The molecule has 1 aromatic rings. The van der Waals surface area contributed by atoms with Gasteiger partial charge in [-0.05, 0) is 43.2 Å². The number of hydrogen-bond donors (Lipinski definition) is 1. The van der Waals surface area contributed by atoms with Gasteiger partial charge >= 0.3 is 0 Å². The van der Waals surface area contributed by atoms with Crippen LogP contribution < -0.4 is 5.32 Å². The zero-order valence-corrected chi connectivity index (χ0v) is 12.5. The number of nitrogens with one attached hydrogen (secondary N) is 1. The van der Waals surface area contributed by atoms with E-state index in [-0.39, 0.29) is 0 Å². The standard InChI is InChI=1S/C17H29N/c1-5-8-15(4)18-13-17-10-7-6-9-16(17)12-11-14(2)3/h6-7,9-10,14-15,18H,5,8,11-13H2,1-4H3. The normalized spacial score (nSPS) is 12.9. The van der Waals surface area contributed by atoms with Gasteiger partial charge in [-0.15, -0.1) is 0 Å². The van der Waals surface area contributed by atoms with E-state index in [9.17, 15) is 0 Å². The highest BCUT2D eigenvalue weighted by Crippen LogP contribution is 2.14. The molecule has 0 saturated heterocycles. The minimum atomic E-state index is 0.619. The lowest BCUT2D eigenvalue weighted by atomic mass is 9.98. The second kappa shape index (κ2) is 8.31. The average molecular weight is 247 g/mol. The first kappa shape index (κ1) is 15.2. The lowest BCUT2D eigenvalue weighted by molar-refractivity contribution is 0.505. The fraction of sp³-hybridized carbons (Fsp3) is 0.647. The predicted octanol–water partition coefficient (Wildman–Crippen LogP) is 4.55. The smallest absolute Gasteiger partial charge is 0.0210 e. The Kier molecular flexibility index (Phi) is 7.04. The summed E-state index contributed by atoms with van der Waals surface area (Å²) in [5.41, 5.74) is 2.99. The molecule has 1 nitrogen and oxygen atoms in total. The van der Waals surface area contributed by atoms with Crippen molar-refractivity contribution in [2.24, 2.45) is 5.92 Å². The van der Waals surface area contributed by atoms with Gasteiger partial charge in [-0.2, -0.15) is 0 Å². The Morgan fingerprint density at radius 1 is 1.00 bits per heavy atom. The molecule has 0 aliphatic carbocycles. The first-order valence-corrected chi connectivity index (χ1v) is 7.43. The van der Waals surface area contributed by atoms with Crippen molar-refractivity contribution in [2.45, 2.75) is 66.0 Å². The fourth-order valence-electron chi connectivity index (χ4n) is 2.24. The van der Waals surface area contributed by atoms with Crippen LogP contribution in [0.2, 0.25) is 0 Å². The van der Waals surface area contributed by atoms with Crippen molar-refractivity contribution < 1.29 is 0 Å². The first-order chi connectivity index (χ1) is 8.63. The molecule has 0 radical (unpaired) electrons. The Labute approximate surface area is 113 Å². The summed E-state index contributed by atoms with van der Waals surface area (Å²) >= 11 is 0. The molecule has 18 heavy (non-hydrogen) atoms. The van der Waals surface area contributed by atoms with Gasteiger partial charge < -0.3 is 5.32 Å². The van der Waals surface area contributed by atoms with E-state index in [2.05, 4.69) is 57.3 Å². The zero-order valence-electron chi connectivity index (χ0n) is 12.5. The van der Waals surface area contributed by atoms with Crippen molar-refractivity contribution in [3.63, 3.8) is 0 Å². The topological polar surface area (TPSA) is 12.0 Å². The molecule has 0 aromatic heterocycles. The second-order valence-electron chi connectivity index (χ2n) is 5.77. The maximum absolute atomic E-state index is 3.63. The number of aryl methyl sites for hydroxylation is 1. The van der Waals surface area contributed by atoms with Crippen LogP contribution in [-0.4, -0.2) is 6.04 Å². The van der Waals surface area contributed by atoms with Crippen LogP contribution in [0.3, 0.4) is 0 Å². The molecular formula is C17H29N. The first-order valence-electron chi connectivity index (χ1n) is 7.43. The molecule has 0 fully saturated rings. The molecule has 0 bridgehead atoms. The SMILES string of the molecule is CCCC(C)NCc1ccccc1CCC(C)C. The molecule has 1 rings (SSSR count). The molecule has 0 saturated carbocycles. The summed E-state index contributed by atoms with van der Waals surface area (Å²) in [6, 6.07) is 9.48. The van der Waals surface area contributed by atoms with Crippen molar-refractivity contribution in [3.05, 3.63) is 35.4 Å². The van der Waals surface area contributed by atoms with Gasteiger partial charge in [-0.25, -0.2) is 0 Å². The van der Waals surface area contributed by atoms with Crippen molar-refractivity contribution in [2.75, 3.05) is 0 Å². The minimum absolute atomic E-state index is 0.619. The third-order valence-corrected chi connectivity index (χ3v) is 3.47. The highest BCUT2D eigenvalue weighted by Gasteiger charge is 2.05. The maximum Gasteiger partial charge on any atom is 0.0210 e. The summed E-state index contributed by atoms with van der Waals surface area (Å²) in [5, 5.41) is 3.63. The van der Waals surface area contributed by atoms with Gasteiger partial charge in [0.25, 0.3) is 0 Å². The summed E-state index contributed by atoms with van der Waals surface area (Å²) in [6.45, 7) is 10.1. The van der Waals surface area contributed by atoms with E-state index < -0.39 is 0 Å². The number of rotatable bonds is 8. The van der Waals surface area contributed by atoms with Crippen LogP contribution in [0.5, 0.6) is 0 Å². The molecule has 102 valence electrons. The highest BCUT2D eigenvalue weighted by atomic mass is 14.9. The zero-order chi connectivity index (χ0) is 13.4. The van der Waals surface area contributed by atoms with Crippen LogP contribution in [-0.2, 0) is 13.0 Å². The molecule has 0 aliphatic rings. The van der Waals surface area contributed by atoms with Gasteiger partial charge in [0.15, 0.2) is 0 Å². The monoisotopic (exact) mass is 247 g/mol. The highest BCUT2D eigenvalue weighted by molar-refractivity contribution is 5.27. The van der Waals surface area contributed by atoms with E-state index in [0.29, 0.717) is 6.04 Å². The van der Waals surface area contributed by atoms with E-state index in [1.165, 1.54) is 36.8 Å². The van der Waals surface area contributed by atoms with Crippen LogP contribution in [0.1, 0.15) is 58.1 Å². The van der Waals surface area contributed by atoms with E-state index in [1.54, 1.807) is 0 Å². The van der Waals surface area contributed by atoms with E-state index in [1.807, 2.05) is 0 Å². The Morgan fingerprint density at radius 3 is 2.28 bits per heavy atom. The Bertz CT molecular complexity index is 330. The predicted molar refractivity (Wildman–Crippen MR) is 80.8 cm³/mol. The molecule has 1 atom stereocenters. The van der Waals surface area contributed by atoms with E-state index >= 15 is 0 Å². The molecular weight excluding hydrogens is 218 g/mol. The number of benzene rings is 1. The van der Waals surface area contributed by atoms with Crippen LogP contribution in [0.4, 0.5) is 0 Å². The van der Waals surface area contributed by atoms with E-state index in [0.717, 1.165) is 12.5 Å². The Balaban J connectivity index is 2.53. The lowest BCUT2D eigenvalue weighted by Gasteiger charge is -2.15. The van der Waals surface area contributed by atoms with E-state index in [4.69, 9.17) is 0 Å². The van der Waals surface area contributed by atoms with Gasteiger partial charge in [-0.1, -0.05) is 51.5 Å². The van der Waals surface area contributed by atoms with Crippen molar-refractivity contribution >= 4 is 0 Å². The molecule has 1 unspecified atom stereocenters. The van der Waals surface area contributed by atoms with Crippen LogP contribution in [0.25, 0.3) is 0 Å². The molecule has 0 spiro atoms. The summed E-state index contributed by atoms with van der Waals surface area (Å²) in [6.07, 6.45) is 5.00. The summed E-state index contributed by atoms with van der Waals surface area (Å²) < 4.78 is 0. The van der Waals surface area contributed by atoms with Gasteiger partial charge in [0.1, 0.15) is 0 Å². The van der Waals surface area contributed by atoms with Gasteiger partial charge in [0.2, 0.25) is 0 Å². The maximum atomic E-state index is 3.63. The Morgan fingerprint density at radius 2 is 1.67 bits per heavy atom. The minimum Gasteiger partial charge on any atom is -0.310 e. The molecule has 0 aliphatic heterocycles. The van der Waals surface area contributed by atoms with Crippen LogP contribution >= 0.6 is 0 Å². The third-order valence-electron chi connectivity index (χ3n) is 3.47. The van der Waals surface area contributed by atoms with Gasteiger partial charge in [-0.3, -0.25) is 0 Å². The van der Waals surface area contributed by atoms with Gasteiger partial charge in [0.05, 0.1) is 0 Å². The summed E-state index contributed by atoms with van der Waals surface area (Å²) in [7, 11) is 0. The Hall–Kier alpha value is -0.820. The quantitative estimate of drug-likeness (QED) is 0.710. The van der Waals surface area contributed by atoms with Crippen LogP contribution in [0, 0.1) is 5.92 Å². The largest absolute Gasteiger partial charge is 0.310 e. The summed E-state index contributed by atoms with van der Waals surface area (Å²) in [4.78, 5) is 0. The molecule has 1 aromatic carbocycles. The molecule has 1 N–H and O–H groups in total. The van der Waals surface area contributed by atoms with Crippen LogP contribution in [0.15, 0.2) is 24.3 Å². The van der Waals surface area contributed by atoms with Gasteiger partial charge in [0, 0.05) is 12.6 Å². The second-order valence-corrected chi connectivity index (χ2v) is 5.77. The lowest BCUT2D eigenvalue weighted by Crippen LogP contribution is -2.25. The molecule has 0 heterocycles. The average Bonchev–Trinajstić information content (AvgIpc) is 2.35. The number of hydrogen-bond acceptors (Lipinski definition) is 1. The van der Waals surface area contributed by atoms with Crippen molar-refractivity contribution in [1.82, 2.24) is 5.32 Å². The van der Waals surface area contributed by atoms with Crippen molar-refractivity contribution in [3.8, 4) is 0 Å². The fourth-order valence-corrected chi connectivity index (χ4v) is 2.24. The summed E-state index contributed by atoms with van der Waals surface area (Å²) in [5.74, 6) is 0.782. The molecule has 0 amide bonds.